The van der Waals surface area contributed by atoms with E-state index in [1.54, 1.807) is 15.5 Å². The van der Waals surface area contributed by atoms with Gasteiger partial charge in [-0.3, -0.25) is 14.3 Å². The van der Waals surface area contributed by atoms with Gasteiger partial charge in [-0.1, -0.05) is 26.2 Å². The number of hydrogen-bond acceptors (Lipinski definition) is 4. The summed E-state index contributed by atoms with van der Waals surface area (Å²) in [5, 5.41) is 0. The van der Waals surface area contributed by atoms with Crippen molar-refractivity contribution in [3.63, 3.8) is 0 Å². The van der Waals surface area contributed by atoms with Crippen molar-refractivity contribution < 1.29 is 0 Å². The molecule has 2 aromatic rings. The van der Waals surface area contributed by atoms with Crippen molar-refractivity contribution in [2.24, 2.45) is 5.73 Å². The molecule has 1 aliphatic rings. The average Bonchev–Trinajstić information content (AvgIpc) is 2.92. The largest absolute Gasteiger partial charge is 0.330 e. The summed E-state index contributed by atoms with van der Waals surface area (Å²) < 4.78 is 3.44. The van der Waals surface area contributed by atoms with E-state index in [4.69, 9.17) is 5.73 Å². The van der Waals surface area contributed by atoms with E-state index in [0.29, 0.717) is 17.7 Å². The predicted molar refractivity (Wildman–Crippen MR) is 85.0 cm³/mol. The molecule has 1 fully saturated rings. The fourth-order valence-corrected chi connectivity index (χ4v) is 3.29. The molecule has 0 aliphatic heterocycles. The predicted octanol–water partition coefficient (Wildman–Crippen LogP) is 1.13. The highest BCUT2D eigenvalue weighted by molar-refractivity contribution is 5.70. The van der Waals surface area contributed by atoms with Gasteiger partial charge in [0, 0.05) is 18.6 Å². The summed E-state index contributed by atoms with van der Waals surface area (Å²) >= 11 is 0. The first-order valence-electron chi connectivity index (χ1n) is 8.07. The normalized spacial score (nSPS) is 17.9. The molecule has 0 saturated heterocycles. The van der Waals surface area contributed by atoms with Crippen molar-refractivity contribution >= 4 is 11.2 Å². The standard InChI is InChI=1S/C15H23N5O2/c1-2-10(16)8-19-9-17-13-12(19)14(21)18-15(22)20(13)11-6-4-3-5-7-11/h9-11H,2-8,16H2,1H3,(H,18,21,22). The Morgan fingerprint density at radius 1 is 1.36 bits per heavy atom. The number of aromatic amines is 1. The second-order valence-electron chi connectivity index (χ2n) is 6.16. The molecule has 1 saturated carbocycles. The third-order valence-corrected chi connectivity index (χ3v) is 4.60. The lowest BCUT2D eigenvalue weighted by atomic mass is 9.95. The highest BCUT2D eigenvalue weighted by Crippen LogP contribution is 2.28. The van der Waals surface area contributed by atoms with Crippen LogP contribution in [0.1, 0.15) is 51.5 Å². The molecule has 2 aromatic heterocycles. The van der Waals surface area contributed by atoms with Crippen molar-refractivity contribution in [2.75, 3.05) is 0 Å². The Hall–Kier alpha value is -1.89. The molecule has 22 heavy (non-hydrogen) atoms. The van der Waals surface area contributed by atoms with Crippen LogP contribution in [0.15, 0.2) is 15.9 Å². The number of nitrogens with zero attached hydrogens (tertiary/aromatic N) is 3. The molecular formula is C15H23N5O2. The van der Waals surface area contributed by atoms with Gasteiger partial charge in [-0.25, -0.2) is 9.78 Å². The molecule has 0 bridgehead atoms. The lowest BCUT2D eigenvalue weighted by Crippen LogP contribution is -2.35. The molecule has 0 amide bonds. The zero-order chi connectivity index (χ0) is 15.7. The van der Waals surface area contributed by atoms with Crippen LogP contribution >= 0.6 is 0 Å². The summed E-state index contributed by atoms with van der Waals surface area (Å²) in [7, 11) is 0. The fourth-order valence-electron chi connectivity index (χ4n) is 3.29. The molecule has 0 aromatic carbocycles. The van der Waals surface area contributed by atoms with Crippen LogP contribution in [-0.4, -0.2) is 25.1 Å². The lowest BCUT2D eigenvalue weighted by Gasteiger charge is -2.23. The van der Waals surface area contributed by atoms with Crippen LogP contribution in [0.2, 0.25) is 0 Å². The first kappa shape index (κ1) is 15.0. The molecule has 1 atom stereocenters. The van der Waals surface area contributed by atoms with E-state index in [9.17, 15) is 9.59 Å². The van der Waals surface area contributed by atoms with Crippen molar-refractivity contribution in [3.8, 4) is 0 Å². The van der Waals surface area contributed by atoms with Gasteiger partial charge in [-0.05, 0) is 19.3 Å². The van der Waals surface area contributed by atoms with E-state index in [2.05, 4.69) is 9.97 Å². The second-order valence-corrected chi connectivity index (χ2v) is 6.16. The summed E-state index contributed by atoms with van der Waals surface area (Å²) in [6, 6.07) is 0.0932. The van der Waals surface area contributed by atoms with Crippen LogP contribution in [0.4, 0.5) is 0 Å². The maximum atomic E-state index is 12.3. The van der Waals surface area contributed by atoms with Gasteiger partial charge in [0.15, 0.2) is 11.2 Å². The number of nitrogens with one attached hydrogen (secondary N) is 1. The molecule has 3 N–H and O–H groups in total. The van der Waals surface area contributed by atoms with Crippen LogP contribution in [0.25, 0.3) is 11.2 Å². The lowest BCUT2D eigenvalue weighted by molar-refractivity contribution is 0.349. The summed E-state index contributed by atoms with van der Waals surface area (Å²) in [5.74, 6) is 0. The van der Waals surface area contributed by atoms with Gasteiger partial charge in [0.05, 0.1) is 6.33 Å². The molecule has 3 rings (SSSR count). The molecular weight excluding hydrogens is 282 g/mol. The SMILES string of the molecule is CCC(N)Cn1cnc2c1c(=O)[nH]c(=O)n2C1CCCCC1. The maximum Gasteiger partial charge on any atom is 0.330 e. The summed E-state index contributed by atoms with van der Waals surface area (Å²) in [4.78, 5) is 31.3. The van der Waals surface area contributed by atoms with E-state index >= 15 is 0 Å². The van der Waals surface area contributed by atoms with Gasteiger partial charge in [-0.2, -0.15) is 0 Å². The monoisotopic (exact) mass is 305 g/mol. The van der Waals surface area contributed by atoms with Gasteiger partial charge in [0.2, 0.25) is 0 Å². The minimum atomic E-state index is -0.382. The molecule has 1 aliphatic carbocycles. The minimum Gasteiger partial charge on any atom is -0.326 e. The minimum absolute atomic E-state index is 0.0353. The number of nitrogens with two attached hydrogens (primary N) is 1. The average molecular weight is 305 g/mol. The van der Waals surface area contributed by atoms with Gasteiger partial charge >= 0.3 is 5.69 Å². The van der Waals surface area contributed by atoms with Gasteiger partial charge < -0.3 is 10.3 Å². The number of rotatable bonds is 4. The third-order valence-electron chi connectivity index (χ3n) is 4.60. The fraction of sp³-hybridized carbons (Fsp3) is 0.667. The quantitative estimate of drug-likeness (QED) is 0.884. The van der Waals surface area contributed by atoms with Crippen molar-refractivity contribution in [1.82, 2.24) is 19.1 Å². The van der Waals surface area contributed by atoms with E-state index in [-0.39, 0.29) is 23.3 Å². The molecule has 120 valence electrons. The summed E-state index contributed by atoms with van der Waals surface area (Å²) in [6.45, 7) is 2.53. The Balaban J connectivity index is 2.13. The van der Waals surface area contributed by atoms with Gasteiger partial charge in [-0.15, -0.1) is 0 Å². The number of aromatic nitrogens is 4. The Bertz CT molecular complexity index is 766. The highest BCUT2D eigenvalue weighted by atomic mass is 16.2. The first-order valence-corrected chi connectivity index (χ1v) is 8.07. The Labute approximate surface area is 128 Å². The third kappa shape index (κ3) is 2.61. The molecule has 7 heteroatoms. The van der Waals surface area contributed by atoms with Crippen LogP contribution in [0, 0.1) is 0 Å². The number of imidazole rings is 1. The van der Waals surface area contributed by atoms with Crippen LogP contribution in [-0.2, 0) is 6.54 Å². The van der Waals surface area contributed by atoms with Gasteiger partial charge in [0.1, 0.15) is 0 Å². The number of hydrogen-bond donors (Lipinski definition) is 2. The number of H-pyrrole nitrogens is 1. The Kier molecular flexibility index (Phi) is 4.15. The summed E-state index contributed by atoms with van der Waals surface area (Å²) in [5.41, 5.74) is 6.20. The van der Waals surface area contributed by atoms with Crippen molar-refractivity contribution in [2.45, 2.75) is 64.1 Å². The zero-order valence-electron chi connectivity index (χ0n) is 12.9. The maximum absolute atomic E-state index is 12.3. The first-order chi connectivity index (χ1) is 10.6. The van der Waals surface area contributed by atoms with Crippen molar-refractivity contribution in [1.29, 1.82) is 0 Å². The molecule has 1 unspecified atom stereocenters. The Morgan fingerprint density at radius 2 is 2.09 bits per heavy atom. The van der Waals surface area contributed by atoms with Crippen LogP contribution < -0.4 is 17.0 Å². The summed E-state index contributed by atoms with van der Waals surface area (Å²) in [6.07, 6.45) is 7.79. The zero-order valence-corrected chi connectivity index (χ0v) is 12.9. The molecule has 0 spiro atoms. The second kappa shape index (κ2) is 6.08. The smallest absolute Gasteiger partial charge is 0.326 e. The molecule has 0 radical (unpaired) electrons. The van der Waals surface area contributed by atoms with E-state index < -0.39 is 0 Å². The number of fused-ring (bicyclic) bond motifs is 1. The van der Waals surface area contributed by atoms with Crippen molar-refractivity contribution in [3.05, 3.63) is 27.2 Å². The molecule has 2 heterocycles. The van der Waals surface area contributed by atoms with E-state index in [0.717, 1.165) is 32.1 Å². The highest BCUT2D eigenvalue weighted by Gasteiger charge is 2.22. The van der Waals surface area contributed by atoms with E-state index in [1.165, 1.54) is 6.42 Å². The topological polar surface area (TPSA) is 98.7 Å². The molecule has 7 nitrogen and oxygen atoms in total. The van der Waals surface area contributed by atoms with Crippen LogP contribution in [0.5, 0.6) is 0 Å². The van der Waals surface area contributed by atoms with E-state index in [1.807, 2.05) is 6.92 Å². The Morgan fingerprint density at radius 3 is 2.77 bits per heavy atom. The van der Waals surface area contributed by atoms with Crippen LogP contribution in [0.3, 0.4) is 0 Å². The van der Waals surface area contributed by atoms with Gasteiger partial charge in [0.25, 0.3) is 5.56 Å².